The number of carboxylic acid groups (broad SMARTS) is 1. The molecule has 0 spiro atoms. The lowest BCUT2D eigenvalue weighted by molar-refractivity contribution is -0.156. The van der Waals surface area contributed by atoms with E-state index in [1.165, 1.54) is 11.3 Å². The van der Waals surface area contributed by atoms with Crippen LogP contribution in [0.15, 0.2) is 11.4 Å². The van der Waals surface area contributed by atoms with Crippen molar-refractivity contribution in [2.75, 3.05) is 31.6 Å². The van der Waals surface area contributed by atoms with Gasteiger partial charge >= 0.3 is 5.97 Å². The van der Waals surface area contributed by atoms with E-state index in [1.54, 1.807) is 16.3 Å². The Bertz CT molecular complexity index is 551. The number of nitrogens with zero attached hydrogens (tertiary/aromatic N) is 2. The number of carbonyl (C=O) groups is 2. The monoisotopic (exact) mass is 295 g/mol. The number of ether oxygens (including phenoxy) is 1. The van der Waals surface area contributed by atoms with Crippen LogP contribution in [0.3, 0.4) is 0 Å². The molecule has 2 heterocycles. The molecule has 1 atom stereocenters. The lowest BCUT2D eigenvalue weighted by Gasteiger charge is -2.30. The molecule has 1 saturated heterocycles. The minimum atomic E-state index is -1.03. The number of thiophene rings is 1. The third kappa shape index (κ3) is 3.54. The summed E-state index contributed by atoms with van der Waals surface area (Å²) in [4.78, 5) is 24.4. The van der Waals surface area contributed by atoms with E-state index >= 15 is 0 Å². The molecule has 1 fully saturated rings. The summed E-state index contributed by atoms with van der Waals surface area (Å²) in [6.45, 7) is 1.05. The fourth-order valence-electron chi connectivity index (χ4n) is 1.86. The van der Waals surface area contributed by atoms with Gasteiger partial charge in [-0.1, -0.05) is 0 Å². The lowest BCUT2D eigenvalue weighted by atomic mass is 10.2. The molecule has 1 unspecified atom stereocenters. The quantitative estimate of drug-likeness (QED) is 0.830. The molecule has 7 nitrogen and oxygen atoms in total. The van der Waals surface area contributed by atoms with Gasteiger partial charge in [0.05, 0.1) is 18.7 Å². The van der Waals surface area contributed by atoms with Crippen LogP contribution in [0, 0.1) is 11.3 Å². The highest BCUT2D eigenvalue weighted by atomic mass is 32.1. The van der Waals surface area contributed by atoms with Crippen molar-refractivity contribution in [2.45, 2.75) is 6.10 Å². The third-order valence-electron chi connectivity index (χ3n) is 2.83. The molecule has 20 heavy (non-hydrogen) atoms. The number of carbonyl (C=O) groups excluding carboxylic acids is 1. The van der Waals surface area contributed by atoms with Gasteiger partial charge in [0.2, 0.25) is 5.91 Å². The van der Waals surface area contributed by atoms with Crippen LogP contribution in [-0.2, 0) is 14.3 Å². The SMILES string of the molecule is N#Cc1ccsc1NC(=O)CN1CCOC(C(=O)O)C1. The second-order valence-electron chi connectivity index (χ2n) is 4.26. The molecule has 2 rings (SSSR count). The summed E-state index contributed by atoms with van der Waals surface area (Å²) in [5.74, 6) is -1.30. The maximum atomic E-state index is 11.9. The predicted molar refractivity (Wildman–Crippen MR) is 71.5 cm³/mol. The molecule has 2 N–H and O–H groups in total. The van der Waals surface area contributed by atoms with Crippen molar-refractivity contribution in [1.29, 1.82) is 5.26 Å². The number of hydrogen-bond acceptors (Lipinski definition) is 6. The van der Waals surface area contributed by atoms with E-state index in [4.69, 9.17) is 15.1 Å². The maximum absolute atomic E-state index is 11.9. The number of carboxylic acids is 1. The van der Waals surface area contributed by atoms with Gasteiger partial charge < -0.3 is 15.2 Å². The highest BCUT2D eigenvalue weighted by Crippen LogP contribution is 2.22. The highest BCUT2D eigenvalue weighted by molar-refractivity contribution is 7.14. The molecule has 0 aliphatic carbocycles. The van der Waals surface area contributed by atoms with Crippen molar-refractivity contribution in [1.82, 2.24) is 4.90 Å². The summed E-state index contributed by atoms with van der Waals surface area (Å²) in [7, 11) is 0. The minimum Gasteiger partial charge on any atom is -0.479 e. The average molecular weight is 295 g/mol. The van der Waals surface area contributed by atoms with Gasteiger partial charge in [0.1, 0.15) is 11.1 Å². The van der Waals surface area contributed by atoms with Crippen molar-refractivity contribution in [3.05, 3.63) is 17.0 Å². The van der Waals surface area contributed by atoms with Crippen LogP contribution in [0.2, 0.25) is 0 Å². The Morgan fingerprint density at radius 3 is 3.15 bits per heavy atom. The summed E-state index contributed by atoms with van der Waals surface area (Å²) in [5, 5.41) is 22.6. The second-order valence-corrected chi connectivity index (χ2v) is 5.17. The molecule has 8 heteroatoms. The molecule has 1 aromatic rings. The zero-order valence-corrected chi connectivity index (χ0v) is 11.4. The van der Waals surface area contributed by atoms with E-state index in [0.717, 1.165) is 0 Å². The van der Waals surface area contributed by atoms with Gasteiger partial charge in [-0.15, -0.1) is 11.3 Å². The Kier molecular flexibility index (Phi) is 4.68. The van der Waals surface area contributed by atoms with Crippen molar-refractivity contribution < 1.29 is 19.4 Å². The number of rotatable bonds is 4. The Morgan fingerprint density at radius 2 is 2.45 bits per heavy atom. The number of amides is 1. The Labute approximate surface area is 119 Å². The molecule has 1 aromatic heterocycles. The summed E-state index contributed by atoms with van der Waals surface area (Å²) >= 11 is 1.28. The van der Waals surface area contributed by atoms with E-state index in [9.17, 15) is 9.59 Å². The first-order valence-corrected chi connectivity index (χ1v) is 6.82. The lowest BCUT2D eigenvalue weighted by Crippen LogP contribution is -2.48. The normalized spacial score (nSPS) is 19.2. The van der Waals surface area contributed by atoms with Gasteiger partial charge in [0.15, 0.2) is 6.10 Å². The third-order valence-corrected chi connectivity index (χ3v) is 3.66. The van der Waals surface area contributed by atoms with Crippen LogP contribution >= 0.6 is 11.3 Å². The zero-order valence-electron chi connectivity index (χ0n) is 10.5. The van der Waals surface area contributed by atoms with Crippen LogP contribution in [-0.4, -0.2) is 54.2 Å². The first-order chi connectivity index (χ1) is 9.60. The molecule has 106 valence electrons. The first kappa shape index (κ1) is 14.5. The molecule has 0 radical (unpaired) electrons. The topological polar surface area (TPSA) is 103 Å². The number of aliphatic carboxylic acids is 1. The summed E-state index contributed by atoms with van der Waals surface area (Å²) < 4.78 is 5.08. The van der Waals surface area contributed by atoms with Crippen molar-refractivity contribution in [3.8, 4) is 6.07 Å². The van der Waals surface area contributed by atoms with Gasteiger partial charge in [0.25, 0.3) is 0 Å². The molecule has 1 amide bonds. The van der Waals surface area contributed by atoms with Crippen LogP contribution in [0.5, 0.6) is 0 Å². The Balaban J connectivity index is 1.88. The number of nitrogens with one attached hydrogen (secondary N) is 1. The smallest absolute Gasteiger partial charge is 0.334 e. The summed E-state index contributed by atoms with van der Waals surface area (Å²) in [5.41, 5.74) is 0.425. The largest absolute Gasteiger partial charge is 0.479 e. The summed E-state index contributed by atoms with van der Waals surface area (Å²) in [6.07, 6.45) is -0.895. The van der Waals surface area contributed by atoms with Gasteiger partial charge in [-0.25, -0.2) is 4.79 Å². The fraction of sp³-hybridized carbons (Fsp3) is 0.417. The predicted octanol–water partition coefficient (Wildman–Crippen LogP) is 0.344. The van der Waals surface area contributed by atoms with Crippen LogP contribution in [0.4, 0.5) is 5.00 Å². The molecule has 1 aliphatic heterocycles. The number of hydrogen-bond donors (Lipinski definition) is 2. The van der Waals surface area contributed by atoms with E-state index in [-0.39, 0.29) is 25.6 Å². The molecule has 1 aliphatic rings. The van der Waals surface area contributed by atoms with E-state index in [2.05, 4.69) is 5.32 Å². The van der Waals surface area contributed by atoms with Crippen LogP contribution < -0.4 is 5.32 Å². The second kappa shape index (κ2) is 6.47. The van der Waals surface area contributed by atoms with Crippen molar-refractivity contribution >= 4 is 28.2 Å². The maximum Gasteiger partial charge on any atom is 0.334 e. The highest BCUT2D eigenvalue weighted by Gasteiger charge is 2.27. The Morgan fingerprint density at radius 1 is 1.65 bits per heavy atom. The van der Waals surface area contributed by atoms with Crippen LogP contribution in [0.25, 0.3) is 0 Å². The number of nitriles is 1. The van der Waals surface area contributed by atoms with E-state index in [1.807, 2.05) is 6.07 Å². The summed E-state index contributed by atoms with van der Waals surface area (Å²) in [6, 6.07) is 3.63. The first-order valence-electron chi connectivity index (χ1n) is 5.94. The molecular weight excluding hydrogens is 282 g/mol. The number of morpholine rings is 1. The molecule has 0 aromatic carbocycles. The van der Waals surface area contributed by atoms with Crippen molar-refractivity contribution in [2.24, 2.45) is 0 Å². The average Bonchev–Trinajstić information content (AvgIpc) is 2.86. The van der Waals surface area contributed by atoms with Gasteiger partial charge in [0, 0.05) is 13.1 Å². The van der Waals surface area contributed by atoms with Gasteiger partial charge in [-0.2, -0.15) is 5.26 Å². The standard InChI is InChI=1S/C12H13N3O4S/c13-5-8-1-4-20-11(8)14-10(16)7-15-2-3-19-9(6-15)12(17)18/h1,4,9H,2-3,6-7H2,(H,14,16)(H,17,18). The molecule has 0 bridgehead atoms. The van der Waals surface area contributed by atoms with Gasteiger partial charge in [-0.05, 0) is 11.4 Å². The van der Waals surface area contributed by atoms with Crippen molar-refractivity contribution in [3.63, 3.8) is 0 Å². The fourth-order valence-corrected chi connectivity index (χ4v) is 2.61. The molecular formula is C12H13N3O4S. The van der Waals surface area contributed by atoms with E-state index in [0.29, 0.717) is 17.1 Å². The minimum absolute atomic E-state index is 0.0793. The van der Waals surface area contributed by atoms with Gasteiger partial charge in [-0.3, -0.25) is 9.69 Å². The zero-order chi connectivity index (χ0) is 14.5. The number of anilines is 1. The van der Waals surface area contributed by atoms with E-state index < -0.39 is 12.1 Å². The molecule has 0 saturated carbocycles. The Hall–Kier alpha value is -1.95. The van der Waals surface area contributed by atoms with Crippen LogP contribution in [0.1, 0.15) is 5.56 Å².